The third kappa shape index (κ3) is 2.85. The van der Waals surface area contributed by atoms with Crippen LogP contribution in [-0.4, -0.2) is 43.6 Å². The quantitative estimate of drug-likeness (QED) is 0.833. The molecule has 1 aromatic rings. The number of piperazine rings is 1. The van der Waals surface area contributed by atoms with Crippen LogP contribution in [0.2, 0.25) is 0 Å². The lowest BCUT2D eigenvalue weighted by molar-refractivity contribution is 0.283. The summed E-state index contributed by atoms with van der Waals surface area (Å²) in [5.41, 5.74) is 0.466. The van der Waals surface area contributed by atoms with E-state index in [4.69, 9.17) is 4.52 Å². The fourth-order valence-corrected chi connectivity index (χ4v) is 3.66. The Morgan fingerprint density at radius 2 is 2.41 bits per heavy atom. The van der Waals surface area contributed by atoms with E-state index in [1.165, 1.54) is 4.31 Å². The molecule has 1 fully saturated rings. The zero-order valence-electron chi connectivity index (χ0n) is 10.0. The highest BCUT2D eigenvalue weighted by atomic mass is 32.2. The molecule has 1 N–H and O–H groups in total. The number of aromatic nitrogens is 1. The van der Waals surface area contributed by atoms with Crippen molar-refractivity contribution < 1.29 is 12.9 Å². The number of hydrogen-bond acceptors (Lipinski definition) is 5. The summed E-state index contributed by atoms with van der Waals surface area (Å²) < 4.78 is 30.8. The molecule has 0 radical (unpaired) electrons. The van der Waals surface area contributed by atoms with E-state index in [2.05, 4.69) is 10.5 Å². The molecule has 2 rings (SSSR count). The molecule has 0 spiro atoms. The third-order valence-electron chi connectivity index (χ3n) is 2.80. The first-order chi connectivity index (χ1) is 7.99. The van der Waals surface area contributed by atoms with Gasteiger partial charge >= 0.3 is 0 Å². The summed E-state index contributed by atoms with van der Waals surface area (Å²) in [6.45, 7) is 5.55. The maximum atomic E-state index is 12.2. The highest BCUT2D eigenvalue weighted by molar-refractivity contribution is 7.88. The Morgan fingerprint density at radius 1 is 1.65 bits per heavy atom. The lowest BCUT2D eigenvalue weighted by Gasteiger charge is -2.32. The number of nitrogens with zero attached hydrogens (tertiary/aromatic N) is 2. The molecule has 0 bridgehead atoms. The molecule has 1 aromatic heterocycles. The number of rotatable bonds is 3. The molecule has 1 aliphatic rings. The summed E-state index contributed by atoms with van der Waals surface area (Å²) in [6.07, 6.45) is 0. The Labute approximate surface area is 101 Å². The van der Waals surface area contributed by atoms with Gasteiger partial charge in [-0.2, -0.15) is 4.31 Å². The van der Waals surface area contributed by atoms with E-state index in [1.54, 1.807) is 13.0 Å². The van der Waals surface area contributed by atoms with Crippen LogP contribution in [0.5, 0.6) is 0 Å². The average Bonchev–Trinajstić information content (AvgIpc) is 2.63. The lowest BCUT2D eigenvalue weighted by atomic mass is 10.3. The molecule has 1 saturated heterocycles. The second-order valence-corrected chi connectivity index (χ2v) is 6.27. The third-order valence-corrected chi connectivity index (χ3v) is 4.72. The van der Waals surface area contributed by atoms with Crippen molar-refractivity contribution in [1.29, 1.82) is 0 Å². The van der Waals surface area contributed by atoms with Crippen molar-refractivity contribution in [3.8, 4) is 0 Å². The minimum absolute atomic E-state index is 0.0123. The van der Waals surface area contributed by atoms with Gasteiger partial charge in [0.25, 0.3) is 0 Å². The van der Waals surface area contributed by atoms with Crippen molar-refractivity contribution in [2.24, 2.45) is 0 Å². The zero-order valence-corrected chi connectivity index (χ0v) is 10.8. The van der Waals surface area contributed by atoms with Crippen molar-refractivity contribution in [2.45, 2.75) is 25.6 Å². The van der Waals surface area contributed by atoms with Crippen LogP contribution in [-0.2, 0) is 15.8 Å². The molecule has 6 nitrogen and oxygen atoms in total. The summed E-state index contributed by atoms with van der Waals surface area (Å²) in [6, 6.07) is 1.64. The van der Waals surface area contributed by atoms with Crippen LogP contribution >= 0.6 is 0 Å². The fourth-order valence-electron chi connectivity index (χ4n) is 1.99. The molecule has 0 saturated carbocycles. The average molecular weight is 259 g/mol. The predicted octanol–water partition coefficient (Wildman–Crippen LogP) is 0.107. The number of nitrogens with one attached hydrogen (secondary N) is 1. The molecule has 0 amide bonds. The van der Waals surface area contributed by atoms with Gasteiger partial charge in [-0.15, -0.1) is 0 Å². The van der Waals surface area contributed by atoms with E-state index in [-0.39, 0.29) is 11.8 Å². The summed E-state index contributed by atoms with van der Waals surface area (Å²) in [4.78, 5) is 0. The Kier molecular flexibility index (Phi) is 3.50. The van der Waals surface area contributed by atoms with Crippen LogP contribution in [0.1, 0.15) is 18.4 Å². The van der Waals surface area contributed by atoms with E-state index in [0.717, 1.165) is 0 Å². The van der Waals surface area contributed by atoms with Gasteiger partial charge in [-0.3, -0.25) is 0 Å². The standard InChI is InChI=1S/C10H17N3O3S/c1-8-6-11-3-4-13(8)17(14,15)7-10-5-9(2)16-12-10/h5,8,11H,3-4,6-7H2,1-2H3/t8-/m0/s1. The first kappa shape index (κ1) is 12.5. The first-order valence-corrected chi connectivity index (χ1v) is 7.22. The van der Waals surface area contributed by atoms with E-state index >= 15 is 0 Å². The van der Waals surface area contributed by atoms with Crippen LogP contribution in [0.3, 0.4) is 0 Å². The molecule has 7 heteroatoms. The van der Waals surface area contributed by atoms with Crippen LogP contribution in [0.25, 0.3) is 0 Å². The minimum atomic E-state index is -3.30. The van der Waals surface area contributed by atoms with Crippen LogP contribution in [0.4, 0.5) is 0 Å². The van der Waals surface area contributed by atoms with Gasteiger partial charge in [0.05, 0.1) is 0 Å². The van der Waals surface area contributed by atoms with Gasteiger partial charge in [0, 0.05) is 31.7 Å². The molecule has 17 heavy (non-hydrogen) atoms. The second-order valence-electron chi connectivity index (χ2n) is 4.35. The van der Waals surface area contributed by atoms with Gasteiger partial charge in [-0.1, -0.05) is 5.16 Å². The SMILES string of the molecule is Cc1cc(CS(=O)(=O)N2CCNC[C@@H]2C)no1. The maximum absolute atomic E-state index is 12.2. The van der Waals surface area contributed by atoms with Crippen molar-refractivity contribution in [3.63, 3.8) is 0 Å². The van der Waals surface area contributed by atoms with Crippen molar-refractivity contribution in [2.75, 3.05) is 19.6 Å². The van der Waals surface area contributed by atoms with E-state index in [9.17, 15) is 8.42 Å². The topological polar surface area (TPSA) is 75.4 Å². The van der Waals surface area contributed by atoms with E-state index in [1.807, 2.05) is 6.92 Å². The molecular formula is C10H17N3O3S. The van der Waals surface area contributed by atoms with Crippen LogP contribution in [0, 0.1) is 6.92 Å². The Hall–Kier alpha value is -0.920. The molecule has 96 valence electrons. The Bertz CT molecular complexity index is 483. The number of aryl methyl sites for hydroxylation is 1. The summed E-state index contributed by atoms with van der Waals surface area (Å²) >= 11 is 0. The molecule has 2 heterocycles. The normalized spacial score (nSPS) is 22.8. The van der Waals surface area contributed by atoms with Gasteiger partial charge < -0.3 is 9.84 Å². The van der Waals surface area contributed by atoms with Crippen molar-refractivity contribution in [3.05, 3.63) is 17.5 Å². The van der Waals surface area contributed by atoms with E-state index < -0.39 is 10.0 Å². The van der Waals surface area contributed by atoms with Crippen molar-refractivity contribution in [1.82, 2.24) is 14.8 Å². The second kappa shape index (κ2) is 4.75. The zero-order chi connectivity index (χ0) is 12.5. The first-order valence-electron chi connectivity index (χ1n) is 5.61. The lowest BCUT2D eigenvalue weighted by Crippen LogP contribution is -2.52. The van der Waals surface area contributed by atoms with Crippen molar-refractivity contribution >= 4 is 10.0 Å². The largest absolute Gasteiger partial charge is 0.361 e. The molecular weight excluding hydrogens is 242 g/mol. The Balaban J connectivity index is 2.12. The molecule has 1 aliphatic heterocycles. The fraction of sp³-hybridized carbons (Fsp3) is 0.700. The van der Waals surface area contributed by atoms with E-state index in [0.29, 0.717) is 31.1 Å². The van der Waals surface area contributed by atoms with Crippen LogP contribution < -0.4 is 5.32 Å². The Morgan fingerprint density at radius 3 is 3.00 bits per heavy atom. The number of sulfonamides is 1. The maximum Gasteiger partial charge on any atom is 0.220 e. The van der Waals surface area contributed by atoms with Gasteiger partial charge in [0.15, 0.2) is 0 Å². The van der Waals surface area contributed by atoms with Crippen LogP contribution in [0.15, 0.2) is 10.6 Å². The predicted molar refractivity (Wildman–Crippen MR) is 62.9 cm³/mol. The summed E-state index contributed by atoms with van der Waals surface area (Å²) in [5, 5.41) is 6.89. The minimum Gasteiger partial charge on any atom is -0.361 e. The van der Waals surface area contributed by atoms with Gasteiger partial charge in [0.1, 0.15) is 17.2 Å². The number of hydrogen-bond donors (Lipinski definition) is 1. The summed E-state index contributed by atoms with van der Waals surface area (Å²) in [5.74, 6) is 0.540. The smallest absolute Gasteiger partial charge is 0.220 e. The molecule has 1 atom stereocenters. The molecule has 0 aromatic carbocycles. The van der Waals surface area contributed by atoms with Gasteiger partial charge in [-0.25, -0.2) is 8.42 Å². The highest BCUT2D eigenvalue weighted by Gasteiger charge is 2.30. The monoisotopic (exact) mass is 259 g/mol. The highest BCUT2D eigenvalue weighted by Crippen LogP contribution is 2.15. The van der Waals surface area contributed by atoms with Gasteiger partial charge in [0.2, 0.25) is 10.0 Å². The summed E-state index contributed by atoms with van der Waals surface area (Å²) in [7, 11) is -3.30. The molecule has 0 unspecified atom stereocenters. The van der Waals surface area contributed by atoms with Gasteiger partial charge in [-0.05, 0) is 13.8 Å². The molecule has 0 aliphatic carbocycles.